The first-order chi connectivity index (χ1) is 11.3. The van der Waals surface area contributed by atoms with Gasteiger partial charge in [-0.25, -0.2) is 9.78 Å². The van der Waals surface area contributed by atoms with E-state index < -0.39 is 11.7 Å². The van der Waals surface area contributed by atoms with Crippen LogP contribution in [-0.2, 0) is 4.74 Å². The summed E-state index contributed by atoms with van der Waals surface area (Å²) in [4.78, 5) is 16.0. The molecule has 2 heterocycles. The molecule has 1 amide bonds. The van der Waals surface area contributed by atoms with E-state index in [-0.39, 0.29) is 0 Å². The molecule has 0 fully saturated rings. The van der Waals surface area contributed by atoms with Gasteiger partial charge in [0.05, 0.1) is 0 Å². The molecule has 0 unspecified atom stereocenters. The summed E-state index contributed by atoms with van der Waals surface area (Å²) in [5.74, 6) is 0.528. The highest BCUT2D eigenvalue weighted by molar-refractivity contribution is 7.17. The number of benzene rings is 1. The third-order valence-electron chi connectivity index (χ3n) is 3.36. The number of rotatable bonds is 2. The second-order valence-electron chi connectivity index (χ2n) is 6.42. The quantitative estimate of drug-likeness (QED) is 0.695. The highest BCUT2D eigenvalue weighted by atomic mass is 32.1. The van der Waals surface area contributed by atoms with Crippen LogP contribution in [0.25, 0.3) is 21.2 Å². The molecule has 2 aromatic heterocycles. The van der Waals surface area contributed by atoms with E-state index in [0.29, 0.717) is 11.5 Å². The fourth-order valence-electron chi connectivity index (χ4n) is 2.38. The highest BCUT2D eigenvalue weighted by Gasteiger charge is 2.16. The van der Waals surface area contributed by atoms with E-state index >= 15 is 0 Å². The number of nitrogens with two attached hydrogens (primary N) is 1. The zero-order valence-corrected chi connectivity index (χ0v) is 14.6. The van der Waals surface area contributed by atoms with E-state index in [1.807, 2.05) is 51.1 Å². The molecule has 0 radical (unpaired) electrons. The summed E-state index contributed by atoms with van der Waals surface area (Å²) in [5.41, 5.74) is 8.24. The maximum absolute atomic E-state index is 11.8. The molecular weight excluding hydrogens is 322 g/mol. The normalized spacial score (nSPS) is 11.5. The molecule has 0 aliphatic heterocycles. The molecule has 0 saturated heterocycles. The van der Waals surface area contributed by atoms with E-state index in [2.05, 4.69) is 15.7 Å². The lowest BCUT2D eigenvalue weighted by Gasteiger charge is -2.19. The minimum Gasteiger partial charge on any atom is -0.444 e. The van der Waals surface area contributed by atoms with Crippen molar-refractivity contribution in [3.63, 3.8) is 0 Å². The molecular formula is C18H19N3O2S. The molecule has 0 spiro atoms. The van der Waals surface area contributed by atoms with Crippen molar-refractivity contribution in [2.24, 2.45) is 0 Å². The number of aromatic nitrogens is 1. The predicted molar refractivity (Wildman–Crippen MR) is 99.3 cm³/mol. The molecule has 6 heteroatoms. The molecule has 24 heavy (non-hydrogen) atoms. The molecule has 3 rings (SSSR count). The van der Waals surface area contributed by atoms with E-state index in [0.717, 1.165) is 21.2 Å². The van der Waals surface area contributed by atoms with Crippen molar-refractivity contribution in [2.75, 3.05) is 11.1 Å². The van der Waals surface area contributed by atoms with Crippen molar-refractivity contribution < 1.29 is 9.53 Å². The van der Waals surface area contributed by atoms with Gasteiger partial charge in [-0.3, -0.25) is 5.32 Å². The van der Waals surface area contributed by atoms with Gasteiger partial charge in [0.1, 0.15) is 11.4 Å². The van der Waals surface area contributed by atoms with Gasteiger partial charge in [0, 0.05) is 27.5 Å². The molecule has 0 atom stereocenters. The molecule has 3 N–H and O–H groups in total. The number of nitrogen functional groups attached to an aromatic ring is 1. The fourth-order valence-corrected chi connectivity index (χ4v) is 3.35. The van der Waals surface area contributed by atoms with E-state index in [1.54, 1.807) is 17.5 Å². The second kappa shape index (κ2) is 6.13. The van der Waals surface area contributed by atoms with Gasteiger partial charge < -0.3 is 10.5 Å². The summed E-state index contributed by atoms with van der Waals surface area (Å²) in [6.45, 7) is 5.49. The van der Waals surface area contributed by atoms with E-state index in [4.69, 9.17) is 10.5 Å². The average Bonchev–Trinajstić information content (AvgIpc) is 2.91. The van der Waals surface area contributed by atoms with Gasteiger partial charge >= 0.3 is 6.09 Å². The topological polar surface area (TPSA) is 77.2 Å². The molecule has 1 aromatic carbocycles. The lowest BCUT2D eigenvalue weighted by molar-refractivity contribution is 0.0636. The van der Waals surface area contributed by atoms with Crippen LogP contribution in [0.3, 0.4) is 0 Å². The van der Waals surface area contributed by atoms with Crippen LogP contribution < -0.4 is 11.1 Å². The third kappa shape index (κ3) is 3.49. The molecule has 3 aromatic rings. The minimum atomic E-state index is -0.524. The van der Waals surface area contributed by atoms with Crippen molar-refractivity contribution in [1.29, 1.82) is 0 Å². The second-order valence-corrected chi connectivity index (χ2v) is 7.33. The van der Waals surface area contributed by atoms with Crippen molar-refractivity contribution in [3.8, 4) is 11.1 Å². The lowest BCUT2D eigenvalue weighted by atomic mass is 10.1. The van der Waals surface area contributed by atoms with Crippen LogP contribution in [0, 0.1) is 0 Å². The van der Waals surface area contributed by atoms with Crippen LogP contribution in [0.4, 0.5) is 16.3 Å². The monoisotopic (exact) mass is 341 g/mol. The standard InChI is InChI=1S/C18H19N3O2S/c1-18(2,3)23-17(22)21-12-6-4-11(5-7-12)13-10-24-14-8-9-20-16(19)15(13)14/h4-10H,1-3H3,(H2,19,20)(H,21,22). The van der Waals surface area contributed by atoms with Crippen LogP contribution >= 0.6 is 11.3 Å². The Hall–Kier alpha value is -2.60. The smallest absolute Gasteiger partial charge is 0.412 e. The van der Waals surface area contributed by atoms with Crippen molar-refractivity contribution in [1.82, 2.24) is 4.98 Å². The Morgan fingerprint density at radius 2 is 1.92 bits per heavy atom. The molecule has 0 bridgehead atoms. The lowest BCUT2D eigenvalue weighted by Crippen LogP contribution is -2.27. The number of ether oxygens (including phenoxy) is 1. The van der Waals surface area contributed by atoms with Crippen LogP contribution in [0.15, 0.2) is 41.9 Å². The van der Waals surface area contributed by atoms with Crippen LogP contribution in [-0.4, -0.2) is 16.7 Å². The number of hydrogen-bond acceptors (Lipinski definition) is 5. The number of nitrogens with zero attached hydrogens (tertiary/aromatic N) is 1. The van der Waals surface area contributed by atoms with Crippen LogP contribution in [0.2, 0.25) is 0 Å². The van der Waals surface area contributed by atoms with E-state index in [1.165, 1.54) is 0 Å². The van der Waals surface area contributed by atoms with Crippen LogP contribution in [0.5, 0.6) is 0 Å². The van der Waals surface area contributed by atoms with Crippen LogP contribution in [0.1, 0.15) is 20.8 Å². The minimum absolute atomic E-state index is 0.468. The first-order valence-electron chi connectivity index (χ1n) is 7.55. The van der Waals surface area contributed by atoms with Crippen molar-refractivity contribution in [3.05, 3.63) is 41.9 Å². The number of thiophene rings is 1. The molecule has 124 valence electrons. The van der Waals surface area contributed by atoms with Gasteiger partial charge in [-0.05, 0) is 49.9 Å². The number of hydrogen-bond donors (Lipinski definition) is 2. The first-order valence-corrected chi connectivity index (χ1v) is 8.43. The molecule has 0 aliphatic rings. The SMILES string of the molecule is CC(C)(C)OC(=O)Nc1ccc(-c2csc3ccnc(N)c23)cc1. The number of carbonyl (C=O) groups is 1. The maximum Gasteiger partial charge on any atom is 0.412 e. The van der Waals surface area contributed by atoms with Gasteiger partial charge in [0.2, 0.25) is 0 Å². The average molecular weight is 341 g/mol. The Balaban J connectivity index is 1.83. The molecule has 5 nitrogen and oxygen atoms in total. The van der Waals surface area contributed by atoms with Gasteiger partial charge in [-0.1, -0.05) is 12.1 Å². The number of fused-ring (bicyclic) bond motifs is 1. The zero-order valence-electron chi connectivity index (χ0n) is 13.8. The Morgan fingerprint density at radius 3 is 2.58 bits per heavy atom. The summed E-state index contributed by atoms with van der Waals surface area (Å²) in [6, 6.07) is 9.53. The largest absolute Gasteiger partial charge is 0.444 e. The number of amides is 1. The Morgan fingerprint density at radius 1 is 1.21 bits per heavy atom. The first kappa shape index (κ1) is 16.3. The number of pyridine rings is 1. The Bertz CT molecular complexity index is 879. The van der Waals surface area contributed by atoms with Gasteiger partial charge in [-0.2, -0.15) is 0 Å². The highest BCUT2D eigenvalue weighted by Crippen LogP contribution is 2.36. The van der Waals surface area contributed by atoms with Crippen molar-refractivity contribution >= 4 is 39.0 Å². The summed E-state index contributed by atoms with van der Waals surface area (Å²) in [6.07, 6.45) is 1.25. The Kier molecular flexibility index (Phi) is 4.15. The molecule has 0 aliphatic carbocycles. The summed E-state index contributed by atoms with van der Waals surface area (Å²) >= 11 is 1.63. The van der Waals surface area contributed by atoms with Crippen molar-refractivity contribution in [2.45, 2.75) is 26.4 Å². The third-order valence-corrected chi connectivity index (χ3v) is 4.30. The summed E-state index contributed by atoms with van der Waals surface area (Å²) < 4.78 is 6.35. The Labute approximate surface area is 144 Å². The number of nitrogens with one attached hydrogen (secondary N) is 1. The summed E-state index contributed by atoms with van der Waals surface area (Å²) in [5, 5.41) is 5.76. The fraction of sp³-hybridized carbons (Fsp3) is 0.222. The maximum atomic E-state index is 11.8. The van der Waals surface area contributed by atoms with Gasteiger partial charge in [0.25, 0.3) is 0 Å². The van der Waals surface area contributed by atoms with E-state index in [9.17, 15) is 4.79 Å². The summed E-state index contributed by atoms with van der Waals surface area (Å²) in [7, 11) is 0. The van der Waals surface area contributed by atoms with Gasteiger partial charge in [0.15, 0.2) is 0 Å². The number of anilines is 2. The predicted octanol–water partition coefficient (Wildman–Crippen LogP) is 4.89. The molecule has 0 saturated carbocycles. The number of carbonyl (C=O) groups excluding carboxylic acids is 1. The zero-order chi connectivity index (χ0) is 17.3. The van der Waals surface area contributed by atoms with Gasteiger partial charge in [-0.15, -0.1) is 11.3 Å².